The first-order chi connectivity index (χ1) is 13.9. The Bertz CT molecular complexity index is 579. The van der Waals surface area contributed by atoms with Gasteiger partial charge in [0.1, 0.15) is 0 Å². The van der Waals surface area contributed by atoms with Gasteiger partial charge in [0, 0.05) is 13.0 Å². The lowest BCUT2D eigenvalue weighted by Crippen LogP contribution is -2.41. The fourth-order valence-electron chi connectivity index (χ4n) is 3.40. The predicted molar refractivity (Wildman–Crippen MR) is 125 cm³/mol. The van der Waals surface area contributed by atoms with Crippen molar-refractivity contribution in [1.29, 1.82) is 0 Å². The third-order valence-electron chi connectivity index (χ3n) is 6.13. The lowest BCUT2D eigenvalue weighted by molar-refractivity contribution is -0.152. The highest BCUT2D eigenvalue weighted by molar-refractivity contribution is 6.74. The Balaban J connectivity index is 2.38. The quantitative estimate of drug-likeness (QED) is 0.250. The van der Waals surface area contributed by atoms with Gasteiger partial charge in [0.2, 0.25) is 0 Å². The summed E-state index contributed by atoms with van der Waals surface area (Å²) in [6.07, 6.45) is 7.29. The molecule has 4 atom stereocenters. The minimum atomic E-state index is -1.72. The smallest absolute Gasteiger partial charge is 0.335 e. The molecule has 0 bridgehead atoms. The summed E-state index contributed by atoms with van der Waals surface area (Å²) < 4.78 is 17.4. The van der Waals surface area contributed by atoms with Gasteiger partial charge in [-0.3, -0.25) is 0 Å². The minimum absolute atomic E-state index is 0.106. The predicted octanol–water partition coefficient (Wildman–Crippen LogP) is 5.40. The fourth-order valence-corrected chi connectivity index (χ4v) is 4.46. The van der Waals surface area contributed by atoms with E-state index >= 15 is 0 Å². The molecule has 0 radical (unpaired) electrons. The van der Waals surface area contributed by atoms with Gasteiger partial charge in [0.25, 0.3) is 0 Å². The molecular weight excluding hydrogens is 396 g/mol. The standard InChI is InChI=1S/C24H44O5Si/c1-9-27-23(26)22(25)17-19(3)15-18(2)16-21-12-10-11-20(29-21)13-14-28-30(7,8)24(4,5)6/h10-11,18,20-22,25H,3,9,12-17H2,1-2,4-8H3/t18-,20-,21-,22-/m0/s1. The molecule has 0 aromatic carbocycles. The Morgan fingerprint density at radius 3 is 2.60 bits per heavy atom. The molecule has 0 spiro atoms. The Morgan fingerprint density at radius 1 is 1.33 bits per heavy atom. The van der Waals surface area contributed by atoms with Crippen molar-refractivity contribution in [2.24, 2.45) is 5.92 Å². The van der Waals surface area contributed by atoms with E-state index in [1.54, 1.807) is 6.92 Å². The van der Waals surface area contributed by atoms with Gasteiger partial charge in [0.15, 0.2) is 14.4 Å². The number of ether oxygens (including phenoxy) is 2. The molecule has 5 nitrogen and oxygen atoms in total. The summed E-state index contributed by atoms with van der Waals surface area (Å²) in [7, 11) is -1.72. The van der Waals surface area contributed by atoms with E-state index in [4.69, 9.17) is 13.9 Å². The Kier molecular flexibility index (Phi) is 11.0. The zero-order valence-corrected chi connectivity index (χ0v) is 21.2. The molecule has 0 aromatic rings. The summed E-state index contributed by atoms with van der Waals surface area (Å²) in [5.74, 6) is -0.206. The molecule has 0 unspecified atom stereocenters. The van der Waals surface area contributed by atoms with Crippen LogP contribution in [0.25, 0.3) is 0 Å². The van der Waals surface area contributed by atoms with Gasteiger partial charge < -0.3 is 19.0 Å². The molecule has 6 heteroatoms. The van der Waals surface area contributed by atoms with Crippen LogP contribution in [0, 0.1) is 5.92 Å². The van der Waals surface area contributed by atoms with Crippen molar-refractivity contribution in [2.45, 2.75) is 103 Å². The third kappa shape index (κ3) is 9.46. The summed E-state index contributed by atoms with van der Waals surface area (Å²) in [6.45, 7) is 20.3. The number of aliphatic hydroxyl groups is 1. The average Bonchev–Trinajstić information content (AvgIpc) is 2.60. The summed E-state index contributed by atoms with van der Waals surface area (Å²) in [5.41, 5.74) is 0.869. The van der Waals surface area contributed by atoms with Crippen molar-refractivity contribution >= 4 is 14.3 Å². The molecule has 0 aromatic heterocycles. The largest absolute Gasteiger partial charge is 0.464 e. The SMILES string of the molecule is C=C(C[C@H](C)C[C@@H]1CC=C[C@@H](CCO[Si](C)(C)C(C)(C)C)O1)C[C@H](O)C(=O)OCC. The highest BCUT2D eigenvalue weighted by Gasteiger charge is 2.37. The summed E-state index contributed by atoms with van der Waals surface area (Å²) in [5, 5.41) is 10.1. The molecular formula is C24H44O5Si. The first-order valence-corrected chi connectivity index (χ1v) is 14.2. The molecule has 1 rings (SSSR count). The van der Waals surface area contributed by atoms with E-state index in [1.807, 2.05) is 0 Å². The highest BCUT2D eigenvalue weighted by Crippen LogP contribution is 2.36. The molecule has 1 N–H and O–H groups in total. The van der Waals surface area contributed by atoms with Crippen LogP contribution < -0.4 is 0 Å². The molecule has 0 aliphatic carbocycles. The first kappa shape index (κ1) is 27.1. The second-order valence-corrected chi connectivity index (χ2v) is 14.9. The van der Waals surface area contributed by atoms with E-state index in [2.05, 4.69) is 59.5 Å². The van der Waals surface area contributed by atoms with Crippen LogP contribution in [0.5, 0.6) is 0 Å². The van der Waals surface area contributed by atoms with Crippen LogP contribution in [0.1, 0.15) is 66.7 Å². The first-order valence-electron chi connectivity index (χ1n) is 11.3. The summed E-state index contributed by atoms with van der Waals surface area (Å²) >= 11 is 0. The van der Waals surface area contributed by atoms with Crippen LogP contribution in [-0.4, -0.2) is 50.9 Å². The van der Waals surface area contributed by atoms with Gasteiger partial charge in [-0.1, -0.05) is 52.0 Å². The average molecular weight is 441 g/mol. The Morgan fingerprint density at radius 2 is 2.00 bits per heavy atom. The van der Waals surface area contributed by atoms with Crippen molar-refractivity contribution in [3.63, 3.8) is 0 Å². The molecule has 1 heterocycles. The van der Waals surface area contributed by atoms with Crippen molar-refractivity contribution in [3.05, 3.63) is 24.3 Å². The number of hydrogen-bond donors (Lipinski definition) is 1. The zero-order valence-electron chi connectivity index (χ0n) is 20.2. The van der Waals surface area contributed by atoms with Crippen LogP contribution in [0.15, 0.2) is 24.3 Å². The lowest BCUT2D eigenvalue weighted by atomic mass is 9.91. The number of hydrogen-bond acceptors (Lipinski definition) is 5. The van der Waals surface area contributed by atoms with Gasteiger partial charge >= 0.3 is 5.97 Å². The second kappa shape index (κ2) is 12.2. The van der Waals surface area contributed by atoms with Crippen LogP contribution in [0.4, 0.5) is 0 Å². The molecule has 1 aliphatic heterocycles. The fraction of sp³-hybridized carbons (Fsp3) is 0.792. The normalized spacial score (nSPS) is 21.9. The van der Waals surface area contributed by atoms with E-state index in [0.717, 1.165) is 37.9 Å². The second-order valence-electron chi connectivity index (χ2n) is 10.1. The maximum absolute atomic E-state index is 11.6. The van der Waals surface area contributed by atoms with Gasteiger partial charge in [0.05, 0.1) is 18.8 Å². The van der Waals surface area contributed by atoms with Gasteiger partial charge in [-0.25, -0.2) is 4.79 Å². The van der Waals surface area contributed by atoms with Gasteiger partial charge in [-0.15, -0.1) is 0 Å². The third-order valence-corrected chi connectivity index (χ3v) is 10.7. The van der Waals surface area contributed by atoms with Crippen molar-refractivity contribution < 1.29 is 23.8 Å². The maximum Gasteiger partial charge on any atom is 0.335 e. The molecule has 0 amide bonds. The van der Waals surface area contributed by atoms with Crippen molar-refractivity contribution in [1.82, 2.24) is 0 Å². The van der Waals surface area contributed by atoms with Crippen molar-refractivity contribution in [2.75, 3.05) is 13.2 Å². The number of rotatable bonds is 12. The van der Waals surface area contributed by atoms with Crippen LogP contribution in [0.3, 0.4) is 0 Å². The number of carbonyl (C=O) groups is 1. The monoisotopic (exact) mass is 440 g/mol. The molecule has 30 heavy (non-hydrogen) atoms. The molecule has 0 saturated heterocycles. The van der Waals surface area contributed by atoms with Crippen LogP contribution in [0.2, 0.25) is 18.1 Å². The molecule has 174 valence electrons. The Hall–Kier alpha value is -0.953. The maximum atomic E-state index is 11.6. The van der Waals surface area contributed by atoms with Crippen LogP contribution in [-0.2, 0) is 18.7 Å². The molecule has 0 saturated carbocycles. The van der Waals surface area contributed by atoms with E-state index in [0.29, 0.717) is 5.92 Å². The summed E-state index contributed by atoms with van der Waals surface area (Å²) in [4.78, 5) is 11.6. The number of aliphatic hydroxyl groups excluding tert-OH is 1. The topological polar surface area (TPSA) is 65.0 Å². The Labute approximate surface area is 185 Å². The van der Waals surface area contributed by atoms with E-state index in [9.17, 15) is 9.90 Å². The van der Waals surface area contributed by atoms with E-state index < -0.39 is 20.4 Å². The van der Waals surface area contributed by atoms with E-state index in [-0.39, 0.29) is 30.3 Å². The minimum Gasteiger partial charge on any atom is -0.464 e. The highest BCUT2D eigenvalue weighted by atomic mass is 28.4. The number of esters is 1. The van der Waals surface area contributed by atoms with Crippen molar-refractivity contribution in [3.8, 4) is 0 Å². The summed E-state index contributed by atoms with van der Waals surface area (Å²) in [6, 6.07) is 0. The molecule has 0 fully saturated rings. The molecule has 1 aliphatic rings. The van der Waals surface area contributed by atoms with Gasteiger partial charge in [-0.2, -0.15) is 0 Å². The number of carbonyl (C=O) groups excluding carboxylic acids is 1. The lowest BCUT2D eigenvalue weighted by Gasteiger charge is -2.36. The van der Waals surface area contributed by atoms with Gasteiger partial charge in [-0.05, 0) is 56.7 Å². The van der Waals surface area contributed by atoms with E-state index in [1.165, 1.54) is 0 Å². The van der Waals surface area contributed by atoms with Crippen LogP contribution >= 0.6 is 0 Å². The zero-order chi connectivity index (χ0) is 22.9.